The van der Waals surface area contributed by atoms with Crippen molar-refractivity contribution >= 4 is 5.91 Å². The Morgan fingerprint density at radius 1 is 1.08 bits per heavy atom. The predicted octanol–water partition coefficient (Wildman–Crippen LogP) is 3.35. The highest BCUT2D eigenvalue weighted by Gasteiger charge is 2.21. The summed E-state index contributed by atoms with van der Waals surface area (Å²) in [5.41, 5.74) is 4.86. The number of amides is 1. The van der Waals surface area contributed by atoms with Crippen molar-refractivity contribution in [2.75, 3.05) is 6.54 Å². The Morgan fingerprint density at radius 3 is 2.62 bits per heavy atom. The van der Waals surface area contributed by atoms with Gasteiger partial charge in [0.2, 0.25) is 5.91 Å². The van der Waals surface area contributed by atoms with Crippen LogP contribution in [-0.2, 0) is 24.2 Å². The molecule has 0 bridgehead atoms. The van der Waals surface area contributed by atoms with Gasteiger partial charge < -0.3 is 10.4 Å². The summed E-state index contributed by atoms with van der Waals surface area (Å²) in [5.74, 6) is 0.502. The standard InChI is InChI=1S/C21H25NO2/c23-15-17-10-8-16(9-11-17)12-13-22-21(24)14-19-6-3-5-18-4-1-2-7-20(18)19/h1-2,4,7-11,19,23H,3,5-6,12-15H2,(H,22,24). The van der Waals surface area contributed by atoms with Crippen LogP contribution in [0.4, 0.5) is 0 Å². The van der Waals surface area contributed by atoms with E-state index in [1.54, 1.807) is 0 Å². The van der Waals surface area contributed by atoms with Gasteiger partial charge in [-0.15, -0.1) is 0 Å². The van der Waals surface area contributed by atoms with Gasteiger partial charge in [0.1, 0.15) is 0 Å². The molecule has 1 aliphatic rings. The molecular weight excluding hydrogens is 298 g/mol. The second-order valence-electron chi connectivity index (χ2n) is 6.57. The zero-order valence-corrected chi connectivity index (χ0v) is 14.0. The van der Waals surface area contributed by atoms with Crippen molar-refractivity contribution in [1.29, 1.82) is 0 Å². The first-order valence-corrected chi connectivity index (χ1v) is 8.79. The molecule has 3 nitrogen and oxygen atoms in total. The molecule has 2 N–H and O–H groups in total. The number of aryl methyl sites for hydroxylation is 1. The number of hydrogen-bond acceptors (Lipinski definition) is 2. The first kappa shape index (κ1) is 16.7. The van der Waals surface area contributed by atoms with Crippen LogP contribution in [0.2, 0.25) is 0 Å². The van der Waals surface area contributed by atoms with Crippen LogP contribution in [0, 0.1) is 0 Å². The monoisotopic (exact) mass is 323 g/mol. The Balaban J connectivity index is 1.48. The molecule has 1 aliphatic carbocycles. The van der Waals surface area contributed by atoms with E-state index in [1.165, 1.54) is 23.1 Å². The van der Waals surface area contributed by atoms with Crippen LogP contribution in [0.5, 0.6) is 0 Å². The third kappa shape index (κ3) is 4.24. The van der Waals surface area contributed by atoms with Gasteiger partial charge in [0.15, 0.2) is 0 Å². The van der Waals surface area contributed by atoms with Crippen LogP contribution in [0.1, 0.15) is 47.4 Å². The summed E-state index contributed by atoms with van der Waals surface area (Å²) < 4.78 is 0. The van der Waals surface area contributed by atoms with E-state index in [1.807, 2.05) is 24.3 Å². The van der Waals surface area contributed by atoms with Gasteiger partial charge in [0, 0.05) is 13.0 Å². The molecule has 3 rings (SSSR count). The lowest BCUT2D eigenvalue weighted by Crippen LogP contribution is -2.28. The quantitative estimate of drug-likeness (QED) is 0.856. The number of carbonyl (C=O) groups is 1. The number of nitrogens with one attached hydrogen (secondary N) is 1. The van der Waals surface area contributed by atoms with Gasteiger partial charge in [0.25, 0.3) is 0 Å². The highest BCUT2D eigenvalue weighted by atomic mass is 16.3. The lowest BCUT2D eigenvalue weighted by molar-refractivity contribution is -0.121. The van der Waals surface area contributed by atoms with Crippen LogP contribution < -0.4 is 5.32 Å². The minimum Gasteiger partial charge on any atom is -0.392 e. The van der Waals surface area contributed by atoms with Crippen molar-refractivity contribution in [3.05, 3.63) is 70.8 Å². The molecule has 126 valence electrons. The van der Waals surface area contributed by atoms with Gasteiger partial charge in [-0.25, -0.2) is 0 Å². The number of carbonyl (C=O) groups excluding carboxylic acids is 1. The van der Waals surface area contributed by atoms with E-state index in [0.29, 0.717) is 18.9 Å². The average Bonchev–Trinajstić information content (AvgIpc) is 2.63. The van der Waals surface area contributed by atoms with Crippen LogP contribution in [0.15, 0.2) is 48.5 Å². The van der Waals surface area contributed by atoms with E-state index in [9.17, 15) is 4.79 Å². The van der Waals surface area contributed by atoms with Gasteiger partial charge in [-0.05, 0) is 53.9 Å². The Labute approximate surface area is 143 Å². The van der Waals surface area contributed by atoms with Gasteiger partial charge in [-0.3, -0.25) is 4.79 Å². The summed E-state index contributed by atoms with van der Waals surface area (Å²) in [4.78, 5) is 12.3. The fraction of sp³-hybridized carbons (Fsp3) is 0.381. The Hall–Kier alpha value is -2.13. The van der Waals surface area contributed by atoms with Crippen LogP contribution in [-0.4, -0.2) is 17.6 Å². The van der Waals surface area contributed by atoms with Crippen molar-refractivity contribution in [2.24, 2.45) is 0 Å². The summed E-state index contributed by atoms with van der Waals surface area (Å²) in [6.45, 7) is 0.728. The van der Waals surface area contributed by atoms with Crippen molar-refractivity contribution in [2.45, 2.75) is 44.6 Å². The van der Waals surface area contributed by atoms with Crippen LogP contribution in [0.3, 0.4) is 0 Å². The van der Waals surface area contributed by atoms with E-state index in [0.717, 1.165) is 24.8 Å². The third-order valence-corrected chi connectivity index (χ3v) is 4.87. The summed E-state index contributed by atoms with van der Waals surface area (Å²) in [5, 5.41) is 12.1. The number of fused-ring (bicyclic) bond motifs is 1. The third-order valence-electron chi connectivity index (χ3n) is 4.87. The Morgan fingerprint density at radius 2 is 1.83 bits per heavy atom. The summed E-state index contributed by atoms with van der Waals surface area (Å²) in [6.07, 6.45) is 4.82. The van der Waals surface area contributed by atoms with Crippen LogP contribution in [0.25, 0.3) is 0 Å². The molecule has 1 amide bonds. The average molecular weight is 323 g/mol. The molecular formula is C21H25NO2. The predicted molar refractivity (Wildman–Crippen MR) is 95.8 cm³/mol. The van der Waals surface area contributed by atoms with Crippen molar-refractivity contribution in [1.82, 2.24) is 5.32 Å². The lowest BCUT2D eigenvalue weighted by Gasteiger charge is -2.25. The fourth-order valence-corrected chi connectivity index (χ4v) is 3.52. The normalized spacial score (nSPS) is 16.5. The smallest absolute Gasteiger partial charge is 0.220 e. The molecule has 24 heavy (non-hydrogen) atoms. The molecule has 3 heteroatoms. The van der Waals surface area contributed by atoms with Crippen molar-refractivity contribution in [3.8, 4) is 0 Å². The second-order valence-corrected chi connectivity index (χ2v) is 6.57. The number of aliphatic hydroxyl groups is 1. The fourth-order valence-electron chi connectivity index (χ4n) is 3.52. The number of rotatable bonds is 6. The van der Waals surface area contributed by atoms with E-state index < -0.39 is 0 Å². The Bertz CT molecular complexity index is 678. The topological polar surface area (TPSA) is 49.3 Å². The van der Waals surface area contributed by atoms with E-state index in [-0.39, 0.29) is 12.5 Å². The first-order valence-electron chi connectivity index (χ1n) is 8.79. The molecule has 0 aromatic heterocycles. The summed E-state index contributed by atoms with van der Waals surface area (Å²) in [7, 11) is 0. The highest BCUT2D eigenvalue weighted by molar-refractivity contribution is 5.77. The maximum Gasteiger partial charge on any atom is 0.220 e. The zero-order chi connectivity index (χ0) is 16.8. The molecule has 1 unspecified atom stereocenters. The molecule has 0 saturated heterocycles. The zero-order valence-electron chi connectivity index (χ0n) is 14.0. The maximum atomic E-state index is 12.3. The molecule has 1 atom stereocenters. The molecule has 0 aliphatic heterocycles. The largest absolute Gasteiger partial charge is 0.392 e. The van der Waals surface area contributed by atoms with Crippen molar-refractivity contribution in [3.63, 3.8) is 0 Å². The molecule has 0 heterocycles. The van der Waals surface area contributed by atoms with Gasteiger partial charge in [-0.2, -0.15) is 0 Å². The first-order chi connectivity index (χ1) is 11.8. The minimum atomic E-state index is 0.0693. The van der Waals surface area contributed by atoms with Gasteiger partial charge in [0.05, 0.1) is 6.61 Å². The van der Waals surface area contributed by atoms with E-state index >= 15 is 0 Å². The molecule has 2 aromatic rings. The summed E-state index contributed by atoms with van der Waals surface area (Å²) >= 11 is 0. The highest BCUT2D eigenvalue weighted by Crippen LogP contribution is 2.33. The van der Waals surface area contributed by atoms with E-state index in [2.05, 4.69) is 29.6 Å². The summed E-state index contributed by atoms with van der Waals surface area (Å²) in [6, 6.07) is 16.4. The minimum absolute atomic E-state index is 0.0693. The second kappa shape index (κ2) is 8.11. The lowest BCUT2D eigenvalue weighted by atomic mass is 9.81. The van der Waals surface area contributed by atoms with Gasteiger partial charge >= 0.3 is 0 Å². The molecule has 0 fully saturated rings. The molecule has 2 aromatic carbocycles. The number of benzene rings is 2. The number of aliphatic hydroxyl groups excluding tert-OH is 1. The van der Waals surface area contributed by atoms with E-state index in [4.69, 9.17) is 5.11 Å². The maximum absolute atomic E-state index is 12.3. The molecule has 0 radical (unpaired) electrons. The molecule has 0 spiro atoms. The molecule has 0 saturated carbocycles. The Kier molecular flexibility index (Phi) is 5.65. The number of hydrogen-bond donors (Lipinski definition) is 2. The SMILES string of the molecule is O=C(CC1CCCc2ccccc21)NCCc1ccc(CO)cc1. The van der Waals surface area contributed by atoms with Gasteiger partial charge in [-0.1, -0.05) is 48.5 Å². The van der Waals surface area contributed by atoms with Crippen molar-refractivity contribution < 1.29 is 9.90 Å². The van der Waals surface area contributed by atoms with Crippen LogP contribution >= 0.6 is 0 Å².